The molecule has 1 saturated carbocycles. The summed E-state index contributed by atoms with van der Waals surface area (Å²) in [5.41, 5.74) is 0.695. The van der Waals surface area contributed by atoms with Gasteiger partial charge in [-0.1, -0.05) is 32.0 Å². The highest BCUT2D eigenvalue weighted by atomic mass is 19.1. The number of benzene rings is 1. The van der Waals surface area contributed by atoms with Crippen molar-refractivity contribution in [2.75, 3.05) is 19.7 Å². The van der Waals surface area contributed by atoms with Gasteiger partial charge in [0.1, 0.15) is 5.82 Å². The normalized spacial score (nSPS) is 25.0. The van der Waals surface area contributed by atoms with Crippen molar-refractivity contribution in [3.05, 3.63) is 35.6 Å². The second-order valence-corrected chi connectivity index (χ2v) is 7.22. The van der Waals surface area contributed by atoms with Crippen LogP contribution in [-0.2, 0) is 9.53 Å². The summed E-state index contributed by atoms with van der Waals surface area (Å²) >= 11 is 0. The number of amides is 1. The molecule has 1 amide bonds. The lowest BCUT2D eigenvalue weighted by atomic mass is 10.1. The van der Waals surface area contributed by atoms with Crippen LogP contribution in [0.25, 0.3) is 0 Å². The second kappa shape index (κ2) is 7.00. The third-order valence-electron chi connectivity index (χ3n) is 4.83. The second-order valence-electron chi connectivity index (χ2n) is 7.22. The van der Waals surface area contributed by atoms with Crippen LogP contribution in [-0.4, -0.2) is 36.6 Å². The largest absolute Gasteiger partial charge is 0.378 e. The van der Waals surface area contributed by atoms with Gasteiger partial charge in [0.05, 0.1) is 6.10 Å². The number of hydrogen-bond donors (Lipinski definition) is 0. The van der Waals surface area contributed by atoms with Gasteiger partial charge in [0, 0.05) is 25.6 Å². The SMILES string of the molecule is CC(C)COC1CCN(C(=O)[C@H]2C[C@@H]2c2ccccc2F)CC1. The maximum atomic E-state index is 13.8. The fraction of sp³-hybridized carbons (Fsp3) is 0.632. The standard InChI is InChI=1S/C19H26FNO2/c1-13(2)12-23-14-7-9-21(10-8-14)19(22)17-11-16(17)15-5-3-4-6-18(15)20/h3-6,13-14,16-17H,7-12H2,1-2H3/t16-,17+/m1/s1. The summed E-state index contributed by atoms with van der Waals surface area (Å²) in [6, 6.07) is 6.82. The molecule has 126 valence electrons. The van der Waals surface area contributed by atoms with Crippen LogP contribution in [0.5, 0.6) is 0 Å². The molecule has 1 aliphatic heterocycles. The van der Waals surface area contributed by atoms with Gasteiger partial charge in [0.2, 0.25) is 5.91 Å². The third-order valence-corrected chi connectivity index (χ3v) is 4.83. The molecule has 0 N–H and O–H groups in total. The number of carbonyl (C=O) groups excluding carboxylic acids is 1. The Labute approximate surface area is 137 Å². The van der Waals surface area contributed by atoms with E-state index in [0.717, 1.165) is 39.0 Å². The molecule has 1 aliphatic carbocycles. The first-order chi connectivity index (χ1) is 11.1. The Bertz CT molecular complexity index is 552. The van der Waals surface area contributed by atoms with Crippen LogP contribution in [0.4, 0.5) is 4.39 Å². The van der Waals surface area contributed by atoms with E-state index in [1.165, 1.54) is 6.07 Å². The number of likely N-dealkylation sites (tertiary alicyclic amines) is 1. The summed E-state index contributed by atoms with van der Waals surface area (Å²) in [6.45, 7) is 6.62. The van der Waals surface area contributed by atoms with Gasteiger partial charge >= 0.3 is 0 Å². The lowest BCUT2D eigenvalue weighted by Gasteiger charge is -2.32. The maximum absolute atomic E-state index is 13.8. The first-order valence-electron chi connectivity index (χ1n) is 8.71. The van der Waals surface area contributed by atoms with E-state index in [-0.39, 0.29) is 29.7 Å². The Hall–Kier alpha value is -1.42. The topological polar surface area (TPSA) is 29.5 Å². The van der Waals surface area contributed by atoms with Crippen LogP contribution < -0.4 is 0 Å². The molecule has 1 aromatic rings. The number of piperidine rings is 1. The average Bonchev–Trinajstić information content (AvgIpc) is 3.33. The first-order valence-corrected chi connectivity index (χ1v) is 8.71. The van der Waals surface area contributed by atoms with Crippen molar-refractivity contribution in [1.29, 1.82) is 0 Å². The van der Waals surface area contributed by atoms with Crippen LogP contribution >= 0.6 is 0 Å². The van der Waals surface area contributed by atoms with Gasteiger partial charge in [0.25, 0.3) is 0 Å². The number of rotatable bonds is 5. The number of nitrogens with zero attached hydrogens (tertiary/aromatic N) is 1. The fourth-order valence-electron chi connectivity index (χ4n) is 3.39. The summed E-state index contributed by atoms with van der Waals surface area (Å²) in [5, 5.41) is 0. The Morgan fingerprint density at radius 2 is 2.00 bits per heavy atom. The Morgan fingerprint density at radius 3 is 2.65 bits per heavy atom. The Morgan fingerprint density at radius 1 is 1.30 bits per heavy atom. The molecule has 3 nitrogen and oxygen atoms in total. The minimum atomic E-state index is -0.186. The molecule has 3 rings (SSSR count). The summed E-state index contributed by atoms with van der Waals surface area (Å²) in [5.74, 6) is 0.593. The van der Waals surface area contributed by atoms with E-state index in [0.29, 0.717) is 11.5 Å². The molecule has 2 aliphatic rings. The van der Waals surface area contributed by atoms with E-state index < -0.39 is 0 Å². The van der Waals surface area contributed by atoms with Gasteiger partial charge in [-0.05, 0) is 42.7 Å². The van der Waals surface area contributed by atoms with Crippen molar-refractivity contribution in [3.63, 3.8) is 0 Å². The van der Waals surface area contributed by atoms with Gasteiger partial charge in [0.15, 0.2) is 0 Å². The molecule has 0 radical (unpaired) electrons. The first kappa shape index (κ1) is 16.4. The predicted octanol–water partition coefficient (Wildman–Crippen LogP) is 3.59. The van der Waals surface area contributed by atoms with Gasteiger partial charge in [-0.25, -0.2) is 4.39 Å². The molecule has 0 unspecified atom stereocenters. The van der Waals surface area contributed by atoms with Crippen molar-refractivity contribution in [1.82, 2.24) is 4.90 Å². The molecule has 0 spiro atoms. The average molecular weight is 319 g/mol. The lowest BCUT2D eigenvalue weighted by molar-refractivity contribution is -0.135. The number of halogens is 1. The predicted molar refractivity (Wildman–Crippen MR) is 87.6 cm³/mol. The molecule has 0 aromatic heterocycles. The van der Waals surface area contributed by atoms with Gasteiger partial charge in [-0.15, -0.1) is 0 Å². The number of hydrogen-bond acceptors (Lipinski definition) is 2. The van der Waals surface area contributed by atoms with Crippen molar-refractivity contribution in [3.8, 4) is 0 Å². The van der Waals surface area contributed by atoms with E-state index in [1.807, 2.05) is 11.0 Å². The molecule has 1 saturated heterocycles. The van der Waals surface area contributed by atoms with Crippen molar-refractivity contribution in [2.45, 2.75) is 45.1 Å². The van der Waals surface area contributed by atoms with Gasteiger partial charge in [-0.3, -0.25) is 4.79 Å². The summed E-state index contributed by atoms with van der Waals surface area (Å²) in [7, 11) is 0. The Kier molecular flexibility index (Phi) is 5.00. The zero-order valence-electron chi connectivity index (χ0n) is 14.0. The van der Waals surface area contributed by atoms with Crippen LogP contribution in [0.15, 0.2) is 24.3 Å². The quantitative estimate of drug-likeness (QED) is 0.830. The van der Waals surface area contributed by atoms with E-state index >= 15 is 0 Å². The van der Waals surface area contributed by atoms with Crippen molar-refractivity contribution >= 4 is 5.91 Å². The molecule has 2 atom stereocenters. The van der Waals surface area contributed by atoms with Gasteiger partial charge < -0.3 is 9.64 Å². The van der Waals surface area contributed by atoms with Crippen LogP contribution in [0.3, 0.4) is 0 Å². The molecular formula is C19H26FNO2. The maximum Gasteiger partial charge on any atom is 0.226 e. The Balaban J connectivity index is 1.49. The summed E-state index contributed by atoms with van der Waals surface area (Å²) in [4.78, 5) is 14.5. The van der Waals surface area contributed by atoms with E-state index in [9.17, 15) is 9.18 Å². The zero-order valence-corrected chi connectivity index (χ0v) is 14.0. The fourth-order valence-corrected chi connectivity index (χ4v) is 3.39. The molecule has 1 heterocycles. The number of ether oxygens (including phenoxy) is 1. The van der Waals surface area contributed by atoms with E-state index in [2.05, 4.69) is 13.8 Å². The van der Waals surface area contributed by atoms with Crippen molar-refractivity contribution in [2.24, 2.45) is 11.8 Å². The zero-order chi connectivity index (χ0) is 16.4. The molecular weight excluding hydrogens is 293 g/mol. The smallest absolute Gasteiger partial charge is 0.226 e. The van der Waals surface area contributed by atoms with E-state index in [4.69, 9.17) is 4.74 Å². The molecule has 0 bridgehead atoms. The minimum Gasteiger partial charge on any atom is -0.378 e. The molecule has 23 heavy (non-hydrogen) atoms. The number of carbonyl (C=O) groups is 1. The van der Waals surface area contributed by atoms with Crippen LogP contribution in [0, 0.1) is 17.7 Å². The highest BCUT2D eigenvalue weighted by molar-refractivity contribution is 5.83. The van der Waals surface area contributed by atoms with Crippen molar-refractivity contribution < 1.29 is 13.9 Å². The highest BCUT2D eigenvalue weighted by Gasteiger charge is 2.47. The molecule has 2 fully saturated rings. The lowest BCUT2D eigenvalue weighted by Crippen LogP contribution is -2.42. The van der Waals surface area contributed by atoms with Crippen LogP contribution in [0.2, 0.25) is 0 Å². The minimum absolute atomic E-state index is 0.0277. The summed E-state index contributed by atoms with van der Waals surface area (Å²) in [6.07, 6.45) is 2.89. The van der Waals surface area contributed by atoms with Gasteiger partial charge in [-0.2, -0.15) is 0 Å². The molecule has 4 heteroatoms. The molecule has 1 aromatic carbocycles. The van der Waals surface area contributed by atoms with Crippen LogP contribution in [0.1, 0.15) is 44.6 Å². The third kappa shape index (κ3) is 3.92. The monoisotopic (exact) mass is 319 g/mol. The summed E-state index contributed by atoms with van der Waals surface area (Å²) < 4.78 is 19.7. The highest BCUT2D eigenvalue weighted by Crippen LogP contribution is 2.49. The van der Waals surface area contributed by atoms with E-state index in [1.54, 1.807) is 12.1 Å².